The first-order chi connectivity index (χ1) is 7.44. The van der Waals surface area contributed by atoms with Crippen LogP contribution in [0.15, 0.2) is 4.99 Å². The molecule has 0 aromatic heterocycles. The second-order valence-corrected chi connectivity index (χ2v) is 5.70. The molecule has 0 saturated carbocycles. The van der Waals surface area contributed by atoms with Gasteiger partial charge in [-0.05, 0) is 38.5 Å². The standard InChI is InChI=1S/C12H26N4/c1-10(2)14-11(15-13)16-8-5-6-12(3,4)7-9-16/h10H,5-9,13H2,1-4H3,(H,14,15). The number of likely N-dealkylation sites (tertiary alicyclic amines) is 1. The van der Waals surface area contributed by atoms with Gasteiger partial charge in [-0.15, -0.1) is 0 Å². The van der Waals surface area contributed by atoms with E-state index in [2.05, 4.69) is 43.0 Å². The molecule has 1 aliphatic heterocycles. The molecule has 94 valence electrons. The van der Waals surface area contributed by atoms with Gasteiger partial charge in [0.2, 0.25) is 5.96 Å². The van der Waals surface area contributed by atoms with E-state index in [0.29, 0.717) is 5.41 Å². The Labute approximate surface area is 99.3 Å². The molecular weight excluding hydrogens is 200 g/mol. The van der Waals surface area contributed by atoms with Crippen LogP contribution in [0, 0.1) is 5.41 Å². The van der Waals surface area contributed by atoms with Crippen molar-refractivity contribution in [3.8, 4) is 0 Å². The molecule has 16 heavy (non-hydrogen) atoms. The third-order valence-electron chi connectivity index (χ3n) is 3.15. The van der Waals surface area contributed by atoms with Gasteiger partial charge < -0.3 is 4.90 Å². The summed E-state index contributed by atoms with van der Waals surface area (Å²) < 4.78 is 0. The summed E-state index contributed by atoms with van der Waals surface area (Å²) in [6, 6.07) is 0.280. The summed E-state index contributed by atoms with van der Waals surface area (Å²) in [6.45, 7) is 10.9. The summed E-state index contributed by atoms with van der Waals surface area (Å²) in [5.41, 5.74) is 3.18. The van der Waals surface area contributed by atoms with Crippen LogP contribution in [-0.4, -0.2) is 30.0 Å². The van der Waals surface area contributed by atoms with Crippen LogP contribution in [-0.2, 0) is 0 Å². The van der Waals surface area contributed by atoms with E-state index < -0.39 is 0 Å². The second kappa shape index (κ2) is 5.53. The van der Waals surface area contributed by atoms with Crippen LogP contribution in [0.25, 0.3) is 0 Å². The first kappa shape index (κ1) is 13.3. The fourth-order valence-corrected chi connectivity index (χ4v) is 2.09. The topological polar surface area (TPSA) is 53.6 Å². The maximum atomic E-state index is 5.55. The molecule has 0 bridgehead atoms. The molecule has 0 radical (unpaired) electrons. The minimum absolute atomic E-state index is 0.280. The van der Waals surface area contributed by atoms with Gasteiger partial charge in [0.05, 0.1) is 0 Å². The van der Waals surface area contributed by atoms with Crippen LogP contribution < -0.4 is 11.3 Å². The summed E-state index contributed by atoms with van der Waals surface area (Å²) >= 11 is 0. The maximum absolute atomic E-state index is 5.55. The van der Waals surface area contributed by atoms with Crippen LogP contribution in [0.1, 0.15) is 47.0 Å². The van der Waals surface area contributed by atoms with Gasteiger partial charge in [0.1, 0.15) is 0 Å². The van der Waals surface area contributed by atoms with Crippen molar-refractivity contribution in [2.24, 2.45) is 16.3 Å². The molecule has 4 nitrogen and oxygen atoms in total. The molecule has 0 aromatic carbocycles. The van der Waals surface area contributed by atoms with E-state index >= 15 is 0 Å². The summed E-state index contributed by atoms with van der Waals surface area (Å²) in [5, 5.41) is 0. The lowest BCUT2D eigenvalue weighted by Gasteiger charge is -2.25. The highest BCUT2D eigenvalue weighted by Crippen LogP contribution is 2.29. The Bertz CT molecular complexity index is 245. The van der Waals surface area contributed by atoms with Gasteiger partial charge >= 0.3 is 0 Å². The van der Waals surface area contributed by atoms with E-state index in [4.69, 9.17) is 5.84 Å². The number of aliphatic imine (C=N–C) groups is 1. The highest BCUT2D eigenvalue weighted by atomic mass is 15.4. The van der Waals surface area contributed by atoms with Crippen LogP contribution in [0.3, 0.4) is 0 Å². The van der Waals surface area contributed by atoms with Gasteiger partial charge in [0.15, 0.2) is 0 Å². The van der Waals surface area contributed by atoms with Gasteiger partial charge in [0, 0.05) is 19.1 Å². The van der Waals surface area contributed by atoms with Crippen molar-refractivity contribution in [1.29, 1.82) is 0 Å². The summed E-state index contributed by atoms with van der Waals surface area (Å²) in [6.07, 6.45) is 3.70. The molecular formula is C12H26N4. The molecule has 4 heteroatoms. The molecule has 1 saturated heterocycles. The van der Waals surface area contributed by atoms with Crippen molar-refractivity contribution in [3.63, 3.8) is 0 Å². The number of hydrogen-bond donors (Lipinski definition) is 2. The average molecular weight is 226 g/mol. The van der Waals surface area contributed by atoms with Crippen molar-refractivity contribution in [2.45, 2.75) is 53.0 Å². The Balaban J connectivity index is 2.66. The molecule has 0 aliphatic carbocycles. The number of nitrogens with one attached hydrogen (secondary N) is 1. The van der Waals surface area contributed by atoms with Gasteiger partial charge in [-0.1, -0.05) is 13.8 Å². The van der Waals surface area contributed by atoms with E-state index in [9.17, 15) is 0 Å². The average Bonchev–Trinajstić information content (AvgIpc) is 2.35. The van der Waals surface area contributed by atoms with E-state index in [1.54, 1.807) is 0 Å². The Kier molecular flexibility index (Phi) is 4.59. The third-order valence-corrected chi connectivity index (χ3v) is 3.15. The first-order valence-corrected chi connectivity index (χ1v) is 6.24. The molecule has 0 atom stereocenters. The molecule has 1 heterocycles. The minimum atomic E-state index is 0.280. The number of nitrogens with two attached hydrogens (primary N) is 1. The van der Waals surface area contributed by atoms with Crippen molar-refractivity contribution in [2.75, 3.05) is 13.1 Å². The van der Waals surface area contributed by atoms with E-state index in [0.717, 1.165) is 19.0 Å². The van der Waals surface area contributed by atoms with Crippen molar-refractivity contribution in [3.05, 3.63) is 0 Å². The summed E-state index contributed by atoms with van der Waals surface area (Å²) in [4.78, 5) is 6.79. The minimum Gasteiger partial charge on any atom is -0.342 e. The Morgan fingerprint density at radius 3 is 2.56 bits per heavy atom. The highest BCUT2D eigenvalue weighted by Gasteiger charge is 2.24. The Morgan fingerprint density at radius 2 is 2.00 bits per heavy atom. The lowest BCUT2D eigenvalue weighted by Crippen LogP contribution is -2.45. The number of guanidine groups is 1. The molecule has 0 spiro atoms. The predicted molar refractivity (Wildman–Crippen MR) is 69.1 cm³/mol. The largest absolute Gasteiger partial charge is 0.342 e. The zero-order chi connectivity index (χ0) is 12.2. The lowest BCUT2D eigenvalue weighted by atomic mass is 9.85. The van der Waals surface area contributed by atoms with Gasteiger partial charge in [-0.3, -0.25) is 5.43 Å². The van der Waals surface area contributed by atoms with Crippen molar-refractivity contribution >= 4 is 5.96 Å². The molecule has 0 unspecified atom stereocenters. The summed E-state index contributed by atoms with van der Waals surface area (Å²) in [5.74, 6) is 6.39. The highest BCUT2D eigenvalue weighted by molar-refractivity contribution is 5.79. The number of rotatable bonds is 1. The first-order valence-electron chi connectivity index (χ1n) is 6.24. The fraction of sp³-hybridized carbons (Fsp3) is 0.917. The van der Waals surface area contributed by atoms with Crippen LogP contribution in [0.2, 0.25) is 0 Å². The third kappa shape index (κ3) is 4.00. The van der Waals surface area contributed by atoms with E-state index in [1.165, 1.54) is 19.3 Å². The summed E-state index contributed by atoms with van der Waals surface area (Å²) in [7, 11) is 0. The van der Waals surface area contributed by atoms with Crippen LogP contribution in [0.5, 0.6) is 0 Å². The van der Waals surface area contributed by atoms with Crippen LogP contribution in [0.4, 0.5) is 0 Å². The Morgan fingerprint density at radius 1 is 1.31 bits per heavy atom. The van der Waals surface area contributed by atoms with Gasteiger partial charge in [0.25, 0.3) is 0 Å². The molecule has 0 aromatic rings. The van der Waals surface area contributed by atoms with Crippen LogP contribution >= 0.6 is 0 Å². The fourth-order valence-electron chi connectivity index (χ4n) is 2.09. The predicted octanol–water partition coefficient (Wildman–Crippen LogP) is 1.73. The molecule has 1 aliphatic rings. The van der Waals surface area contributed by atoms with E-state index in [1.807, 2.05) is 0 Å². The molecule has 3 N–H and O–H groups in total. The normalized spacial score (nSPS) is 22.1. The number of nitrogens with zero attached hydrogens (tertiary/aromatic N) is 2. The van der Waals surface area contributed by atoms with E-state index in [-0.39, 0.29) is 6.04 Å². The molecule has 0 amide bonds. The number of hydrazine groups is 1. The smallest absolute Gasteiger partial charge is 0.208 e. The van der Waals surface area contributed by atoms with Gasteiger partial charge in [-0.2, -0.15) is 0 Å². The molecule has 1 fully saturated rings. The lowest BCUT2D eigenvalue weighted by molar-refractivity contribution is 0.312. The molecule has 1 rings (SSSR count). The van der Waals surface area contributed by atoms with Crippen molar-refractivity contribution in [1.82, 2.24) is 10.3 Å². The number of hydrogen-bond acceptors (Lipinski definition) is 2. The zero-order valence-corrected chi connectivity index (χ0v) is 11.1. The SMILES string of the molecule is CC(C)N=C(NN)N1CCCC(C)(C)CC1. The van der Waals surface area contributed by atoms with Gasteiger partial charge in [-0.25, -0.2) is 10.8 Å². The maximum Gasteiger partial charge on any atom is 0.208 e. The monoisotopic (exact) mass is 226 g/mol. The van der Waals surface area contributed by atoms with Crippen molar-refractivity contribution < 1.29 is 0 Å². The second-order valence-electron chi connectivity index (χ2n) is 5.70. The quantitative estimate of drug-likeness (QED) is 0.310. The zero-order valence-electron chi connectivity index (χ0n) is 11.1. The Hall–Kier alpha value is -0.770.